The Kier molecular flexibility index (Phi) is 5.84. The molecule has 0 aliphatic heterocycles. The summed E-state index contributed by atoms with van der Waals surface area (Å²) in [4.78, 5) is 40.3. The second kappa shape index (κ2) is 8.30. The number of halogens is 1. The van der Waals surface area contributed by atoms with Crippen LogP contribution in [0.4, 0.5) is 0 Å². The van der Waals surface area contributed by atoms with E-state index in [-0.39, 0.29) is 37.3 Å². The molecule has 9 nitrogen and oxygen atoms in total. The summed E-state index contributed by atoms with van der Waals surface area (Å²) in [5, 5.41) is 0.612. The van der Waals surface area contributed by atoms with Crippen LogP contribution in [0.15, 0.2) is 40.2 Å². The normalized spacial score (nSPS) is 11.0. The second-order valence-corrected chi connectivity index (χ2v) is 6.53. The van der Waals surface area contributed by atoms with E-state index in [2.05, 4.69) is 4.98 Å². The number of hydrogen-bond donors (Lipinski definition) is 0. The van der Waals surface area contributed by atoms with Crippen molar-refractivity contribution >= 4 is 28.7 Å². The standard InChI is InChI=1S/C18H19ClN4O5/c1-21-16-15(17(25)22(2)18(21)26)23(11-20-16)8-7-14(24)28-10-9-27-13-5-3-12(19)4-6-13/h3-6,11H,7-10H2,1-2H3. The largest absolute Gasteiger partial charge is 0.490 e. The number of hydrogen-bond acceptors (Lipinski definition) is 6. The minimum atomic E-state index is -0.458. The molecular formula is C18H19ClN4O5. The molecule has 0 unspecified atom stereocenters. The predicted octanol–water partition coefficient (Wildman–Crippen LogP) is 1.10. The third-order valence-corrected chi connectivity index (χ3v) is 4.45. The van der Waals surface area contributed by atoms with Crippen LogP contribution < -0.4 is 16.0 Å². The third-order valence-electron chi connectivity index (χ3n) is 4.20. The lowest BCUT2D eigenvalue weighted by Crippen LogP contribution is -2.37. The zero-order valence-electron chi connectivity index (χ0n) is 15.4. The fraction of sp³-hybridized carbons (Fsp3) is 0.333. The van der Waals surface area contributed by atoms with E-state index in [0.717, 1.165) is 4.57 Å². The molecule has 0 bridgehead atoms. The van der Waals surface area contributed by atoms with E-state index in [0.29, 0.717) is 10.8 Å². The molecular weight excluding hydrogens is 388 g/mol. The van der Waals surface area contributed by atoms with Crippen molar-refractivity contribution in [3.05, 3.63) is 56.5 Å². The SMILES string of the molecule is Cn1c(=O)c2c(ncn2CCC(=O)OCCOc2ccc(Cl)cc2)n(C)c1=O. The van der Waals surface area contributed by atoms with E-state index in [1.807, 2.05) is 0 Å². The minimum absolute atomic E-state index is 0.0540. The lowest BCUT2D eigenvalue weighted by atomic mass is 10.3. The molecule has 28 heavy (non-hydrogen) atoms. The molecule has 0 saturated carbocycles. The first kappa shape index (κ1) is 19.7. The molecule has 0 saturated heterocycles. The lowest BCUT2D eigenvalue weighted by Gasteiger charge is -2.08. The van der Waals surface area contributed by atoms with Gasteiger partial charge < -0.3 is 14.0 Å². The second-order valence-electron chi connectivity index (χ2n) is 6.09. The van der Waals surface area contributed by atoms with Crippen molar-refractivity contribution in [2.24, 2.45) is 14.1 Å². The number of nitrogens with zero attached hydrogens (tertiary/aromatic N) is 4. The van der Waals surface area contributed by atoms with Crippen LogP contribution in [-0.2, 0) is 30.2 Å². The molecule has 0 atom stereocenters. The van der Waals surface area contributed by atoms with Crippen molar-refractivity contribution < 1.29 is 14.3 Å². The molecule has 3 aromatic rings. The highest BCUT2D eigenvalue weighted by Gasteiger charge is 2.15. The molecule has 0 spiro atoms. The van der Waals surface area contributed by atoms with Crippen molar-refractivity contribution in [2.45, 2.75) is 13.0 Å². The number of fused-ring (bicyclic) bond motifs is 1. The quantitative estimate of drug-likeness (QED) is 0.430. The lowest BCUT2D eigenvalue weighted by molar-refractivity contribution is -0.144. The first-order chi connectivity index (χ1) is 13.4. The van der Waals surface area contributed by atoms with Crippen molar-refractivity contribution in [3.8, 4) is 5.75 Å². The van der Waals surface area contributed by atoms with Crippen LogP contribution in [0.5, 0.6) is 5.75 Å². The molecule has 0 amide bonds. The topological polar surface area (TPSA) is 97.3 Å². The number of carbonyl (C=O) groups excluding carboxylic acids is 1. The summed E-state index contributed by atoms with van der Waals surface area (Å²) in [5.41, 5.74) is -0.371. The van der Waals surface area contributed by atoms with Crippen LogP contribution >= 0.6 is 11.6 Å². The summed E-state index contributed by atoms with van der Waals surface area (Å²) in [6, 6.07) is 6.86. The van der Waals surface area contributed by atoms with Gasteiger partial charge in [-0.1, -0.05) is 11.6 Å². The van der Waals surface area contributed by atoms with Crippen LogP contribution in [0.1, 0.15) is 6.42 Å². The smallest absolute Gasteiger partial charge is 0.332 e. The number of benzene rings is 1. The fourth-order valence-electron chi connectivity index (χ4n) is 2.70. The van der Waals surface area contributed by atoms with Gasteiger partial charge in [0.2, 0.25) is 0 Å². The number of imidazole rings is 1. The molecule has 0 N–H and O–H groups in total. The van der Waals surface area contributed by atoms with Gasteiger partial charge in [0.25, 0.3) is 5.56 Å². The monoisotopic (exact) mass is 406 g/mol. The molecule has 148 valence electrons. The molecule has 1 aromatic carbocycles. The number of aryl methyl sites for hydroxylation is 2. The van der Waals surface area contributed by atoms with Gasteiger partial charge >= 0.3 is 11.7 Å². The summed E-state index contributed by atoms with van der Waals surface area (Å²) in [7, 11) is 2.94. The molecule has 2 heterocycles. The molecule has 0 fully saturated rings. The first-order valence-electron chi connectivity index (χ1n) is 8.53. The Hall–Kier alpha value is -3.07. The van der Waals surface area contributed by atoms with Gasteiger partial charge in [0.05, 0.1) is 12.7 Å². The highest BCUT2D eigenvalue weighted by Crippen LogP contribution is 2.15. The third kappa shape index (κ3) is 4.09. The molecule has 3 rings (SSSR count). The first-order valence-corrected chi connectivity index (χ1v) is 8.91. The van der Waals surface area contributed by atoms with Gasteiger partial charge in [-0.05, 0) is 24.3 Å². The van der Waals surface area contributed by atoms with Gasteiger partial charge in [-0.3, -0.25) is 18.7 Å². The van der Waals surface area contributed by atoms with Gasteiger partial charge in [-0.15, -0.1) is 0 Å². The van der Waals surface area contributed by atoms with Crippen LogP contribution in [0, 0.1) is 0 Å². The Morgan fingerprint density at radius 2 is 1.82 bits per heavy atom. The summed E-state index contributed by atoms with van der Waals surface area (Å²) in [6.45, 7) is 0.521. The molecule has 0 aliphatic carbocycles. The van der Waals surface area contributed by atoms with Crippen molar-refractivity contribution in [1.82, 2.24) is 18.7 Å². The average molecular weight is 407 g/mol. The van der Waals surface area contributed by atoms with Gasteiger partial charge in [0.15, 0.2) is 11.2 Å². The number of rotatable bonds is 7. The highest BCUT2D eigenvalue weighted by atomic mass is 35.5. The summed E-state index contributed by atoms with van der Waals surface area (Å²) < 4.78 is 14.4. The van der Waals surface area contributed by atoms with Crippen LogP contribution in [0.25, 0.3) is 11.2 Å². The van der Waals surface area contributed by atoms with Gasteiger partial charge in [0.1, 0.15) is 19.0 Å². The van der Waals surface area contributed by atoms with Crippen molar-refractivity contribution in [2.75, 3.05) is 13.2 Å². The van der Waals surface area contributed by atoms with Crippen LogP contribution in [0.2, 0.25) is 5.02 Å². The van der Waals surface area contributed by atoms with Gasteiger partial charge in [-0.25, -0.2) is 9.78 Å². The Bertz CT molecular complexity index is 1110. The van der Waals surface area contributed by atoms with Gasteiger partial charge in [0, 0.05) is 25.7 Å². The number of ether oxygens (including phenoxy) is 2. The zero-order chi connectivity index (χ0) is 20.3. The highest BCUT2D eigenvalue weighted by molar-refractivity contribution is 6.30. The molecule has 10 heteroatoms. The summed E-state index contributed by atoms with van der Waals surface area (Å²) >= 11 is 5.79. The van der Waals surface area contributed by atoms with Crippen LogP contribution in [0.3, 0.4) is 0 Å². The van der Waals surface area contributed by atoms with E-state index in [4.69, 9.17) is 21.1 Å². The Labute approximate surface area is 164 Å². The number of aromatic nitrogens is 4. The molecule has 2 aromatic heterocycles. The number of esters is 1. The maximum absolute atomic E-state index is 12.3. The van der Waals surface area contributed by atoms with E-state index < -0.39 is 17.2 Å². The average Bonchev–Trinajstić information content (AvgIpc) is 3.12. The maximum Gasteiger partial charge on any atom is 0.332 e. The number of carbonyl (C=O) groups is 1. The van der Waals surface area contributed by atoms with E-state index in [9.17, 15) is 14.4 Å². The van der Waals surface area contributed by atoms with Crippen LogP contribution in [-0.4, -0.2) is 37.9 Å². The Balaban J connectivity index is 1.54. The maximum atomic E-state index is 12.3. The zero-order valence-corrected chi connectivity index (χ0v) is 16.2. The van der Waals surface area contributed by atoms with Gasteiger partial charge in [-0.2, -0.15) is 0 Å². The van der Waals surface area contributed by atoms with E-state index in [1.165, 1.54) is 25.0 Å². The minimum Gasteiger partial charge on any atom is -0.490 e. The Morgan fingerprint density at radius 1 is 1.11 bits per heavy atom. The van der Waals surface area contributed by atoms with Crippen molar-refractivity contribution in [3.63, 3.8) is 0 Å². The van der Waals surface area contributed by atoms with E-state index in [1.54, 1.807) is 28.8 Å². The summed E-state index contributed by atoms with van der Waals surface area (Å²) in [6.07, 6.45) is 1.49. The van der Waals surface area contributed by atoms with E-state index >= 15 is 0 Å². The molecule has 0 radical (unpaired) electrons. The van der Waals surface area contributed by atoms with Crippen molar-refractivity contribution in [1.29, 1.82) is 0 Å². The fourth-order valence-corrected chi connectivity index (χ4v) is 2.82. The summed E-state index contributed by atoms with van der Waals surface area (Å²) in [5.74, 6) is 0.204. The molecule has 0 aliphatic rings. The Morgan fingerprint density at radius 3 is 2.54 bits per heavy atom. The predicted molar refractivity (Wildman–Crippen MR) is 103 cm³/mol.